The predicted octanol–water partition coefficient (Wildman–Crippen LogP) is 4.80. The van der Waals surface area contributed by atoms with Crippen molar-refractivity contribution in [3.63, 3.8) is 0 Å². The van der Waals surface area contributed by atoms with Gasteiger partial charge in [-0.1, -0.05) is 11.6 Å². The maximum absolute atomic E-state index is 6.67. The van der Waals surface area contributed by atoms with Gasteiger partial charge in [0.05, 0.1) is 22.7 Å². The normalized spacial score (nSPS) is 13.1. The van der Waals surface area contributed by atoms with Crippen LogP contribution in [0.3, 0.4) is 0 Å². The van der Waals surface area contributed by atoms with Gasteiger partial charge in [0, 0.05) is 32.4 Å². The lowest BCUT2D eigenvalue weighted by molar-refractivity contribution is 0.171. The van der Waals surface area contributed by atoms with E-state index >= 15 is 0 Å². The second kappa shape index (κ2) is 7.87. The van der Waals surface area contributed by atoms with Gasteiger partial charge in [-0.25, -0.2) is 4.99 Å². The molecule has 0 unspecified atom stereocenters. The SMILES string of the molecule is CCN(C)C=Nc1cc(C)cc(N(C)c2ccc3c(c2)OCCO3)c1Cl. The Morgan fingerprint density at radius 3 is 2.58 bits per heavy atom. The molecule has 6 heteroatoms. The highest BCUT2D eigenvalue weighted by Gasteiger charge is 2.17. The smallest absolute Gasteiger partial charge is 0.163 e. The minimum absolute atomic E-state index is 0.565. The van der Waals surface area contributed by atoms with Gasteiger partial charge in [0.25, 0.3) is 0 Å². The van der Waals surface area contributed by atoms with E-state index in [4.69, 9.17) is 21.1 Å². The van der Waals surface area contributed by atoms with Crippen LogP contribution in [0.4, 0.5) is 17.1 Å². The molecule has 1 heterocycles. The van der Waals surface area contributed by atoms with Crippen LogP contribution >= 0.6 is 11.6 Å². The summed E-state index contributed by atoms with van der Waals surface area (Å²) >= 11 is 6.67. The van der Waals surface area contributed by atoms with Crippen molar-refractivity contribution >= 4 is 35.0 Å². The molecule has 1 aliphatic heterocycles. The number of hydrogen-bond donors (Lipinski definition) is 0. The number of ether oxygens (including phenoxy) is 2. The molecule has 0 N–H and O–H groups in total. The second-order valence-electron chi connectivity index (χ2n) is 6.32. The summed E-state index contributed by atoms with van der Waals surface area (Å²) in [5, 5.41) is 0.619. The van der Waals surface area contributed by atoms with Gasteiger partial charge < -0.3 is 19.3 Å². The zero-order chi connectivity index (χ0) is 18.7. The van der Waals surface area contributed by atoms with E-state index < -0.39 is 0 Å². The Labute approximate surface area is 159 Å². The number of nitrogens with zero attached hydrogens (tertiary/aromatic N) is 3. The number of anilines is 2. The Bertz CT molecular complexity index is 823. The molecule has 26 heavy (non-hydrogen) atoms. The molecule has 2 aromatic carbocycles. The maximum Gasteiger partial charge on any atom is 0.163 e. The molecule has 1 aliphatic rings. The quantitative estimate of drug-likeness (QED) is 0.557. The predicted molar refractivity (Wildman–Crippen MR) is 108 cm³/mol. The van der Waals surface area contributed by atoms with E-state index in [1.54, 1.807) is 6.34 Å². The maximum atomic E-state index is 6.67. The molecule has 0 saturated carbocycles. The van der Waals surface area contributed by atoms with Crippen molar-refractivity contribution in [2.75, 3.05) is 38.8 Å². The molecule has 0 amide bonds. The Morgan fingerprint density at radius 2 is 1.85 bits per heavy atom. The molecule has 0 saturated heterocycles. The van der Waals surface area contributed by atoms with Crippen molar-refractivity contribution in [2.45, 2.75) is 13.8 Å². The molecule has 0 aliphatic carbocycles. The van der Waals surface area contributed by atoms with Gasteiger partial charge in [-0.05, 0) is 43.7 Å². The van der Waals surface area contributed by atoms with E-state index in [0.717, 1.165) is 40.7 Å². The number of aryl methyl sites for hydroxylation is 1. The van der Waals surface area contributed by atoms with Crippen LogP contribution in [0.5, 0.6) is 11.5 Å². The molecule has 5 nitrogen and oxygen atoms in total. The van der Waals surface area contributed by atoms with Gasteiger partial charge in [0.1, 0.15) is 13.2 Å². The first kappa shape index (κ1) is 18.4. The Kier molecular flexibility index (Phi) is 5.57. The zero-order valence-corrected chi connectivity index (χ0v) is 16.4. The van der Waals surface area contributed by atoms with Crippen LogP contribution in [0.25, 0.3) is 0 Å². The van der Waals surface area contributed by atoms with Crippen molar-refractivity contribution in [1.29, 1.82) is 0 Å². The fourth-order valence-electron chi connectivity index (χ4n) is 2.69. The lowest BCUT2D eigenvalue weighted by Gasteiger charge is -2.25. The minimum atomic E-state index is 0.565. The minimum Gasteiger partial charge on any atom is -0.486 e. The van der Waals surface area contributed by atoms with Crippen LogP contribution in [-0.2, 0) is 0 Å². The monoisotopic (exact) mass is 373 g/mol. The summed E-state index contributed by atoms with van der Waals surface area (Å²) in [7, 11) is 3.97. The Morgan fingerprint density at radius 1 is 1.12 bits per heavy atom. The third kappa shape index (κ3) is 3.88. The molecule has 0 atom stereocenters. The van der Waals surface area contributed by atoms with Crippen LogP contribution < -0.4 is 14.4 Å². The van der Waals surface area contributed by atoms with E-state index in [9.17, 15) is 0 Å². The summed E-state index contributed by atoms with van der Waals surface area (Å²) in [5.41, 5.74) is 3.73. The zero-order valence-electron chi connectivity index (χ0n) is 15.6. The molecule has 3 rings (SSSR count). The highest BCUT2D eigenvalue weighted by Crippen LogP contribution is 2.41. The largest absolute Gasteiger partial charge is 0.486 e. The van der Waals surface area contributed by atoms with Gasteiger partial charge in [0.2, 0.25) is 0 Å². The lowest BCUT2D eigenvalue weighted by atomic mass is 10.1. The molecule has 0 spiro atoms. The van der Waals surface area contributed by atoms with Crippen LogP contribution in [-0.4, -0.2) is 45.1 Å². The number of rotatable bonds is 5. The first-order valence-corrected chi connectivity index (χ1v) is 9.05. The Balaban J connectivity index is 1.95. The average Bonchev–Trinajstić information content (AvgIpc) is 2.67. The van der Waals surface area contributed by atoms with E-state index in [2.05, 4.69) is 18.0 Å². The third-order valence-corrected chi connectivity index (χ3v) is 4.73. The van der Waals surface area contributed by atoms with Crippen LogP contribution in [0.1, 0.15) is 12.5 Å². The Hall–Kier alpha value is -2.40. The summed E-state index contributed by atoms with van der Waals surface area (Å²) < 4.78 is 11.3. The number of benzene rings is 2. The topological polar surface area (TPSA) is 37.3 Å². The number of fused-ring (bicyclic) bond motifs is 1. The van der Waals surface area contributed by atoms with Gasteiger partial charge in [-0.2, -0.15) is 0 Å². The first-order chi connectivity index (χ1) is 12.5. The second-order valence-corrected chi connectivity index (χ2v) is 6.70. The van der Waals surface area contributed by atoms with E-state index in [1.165, 1.54) is 0 Å². The first-order valence-electron chi connectivity index (χ1n) is 8.67. The van der Waals surface area contributed by atoms with E-state index in [0.29, 0.717) is 18.2 Å². The van der Waals surface area contributed by atoms with Gasteiger partial charge in [0.15, 0.2) is 11.5 Å². The van der Waals surface area contributed by atoms with Crippen molar-refractivity contribution in [2.24, 2.45) is 4.99 Å². The summed E-state index contributed by atoms with van der Waals surface area (Å²) in [6, 6.07) is 9.95. The van der Waals surface area contributed by atoms with Gasteiger partial charge >= 0.3 is 0 Å². The van der Waals surface area contributed by atoms with Crippen LogP contribution in [0.15, 0.2) is 35.3 Å². The van der Waals surface area contributed by atoms with E-state index in [-0.39, 0.29) is 0 Å². The van der Waals surface area contributed by atoms with Crippen molar-refractivity contribution < 1.29 is 9.47 Å². The van der Waals surface area contributed by atoms with Gasteiger partial charge in [-0.3, -0.25) is 0 Å². The number of aliphatic imine (C=N–C) groups is 1. The standard InChI is InChI=1S/C20H24ClN3O2/c1-5-23(3)13-22-16-10-14(2)11-17(20(16)21)24(4)15-6-7-18-19(12-15)26-9-8-25-18/h6-7,10-13H,5,8-9H2,1-4H3. The van der Waals surface area contributed by atoms with Crippen LogP contribution in [0, 0.1) is 6.92 Å². The molecule has 0 radical (unpaired) electrons. The highest BCUT2D eigenvalue weighted by atomic mass is 35.5. The van der Waals surface area contributed by atoms with Gasteiger partial charge in [-0.15, -0.1) is 0 Å². The fourth-order valence-corrected chi connectivity index (χ4v) is 2.98. The van der Waals surface area contributed by atoms with E-state index in [1.807, 2.05) is 55.1 Å². The third-order valence-electron chi connectivity index (χ3n) is 4.35. The summed E-state index contributed by atoms with van der Waals surface area (Å²) in [6.07, 6.45) is 1.80. The lowest BCUT2D eigenvalue weighted by Crippen LogP contribution is -2.16. The average molecular weight is 374 g/mol. The van der Waals surface area contributed by atoms with Crippen molar-refractivity contribution in [3.05, 3.63) is 40.9 Å². The highest BCUT2D eigenvalue weighted by molar-refractivity contribution is 6.36. The molecular weight excluding hydrogens is 350 g/mol. The van der Waals surface area contributed by atoms with Crippen LogP contribution in [0.2, 0.25) is 5.02 Å². The molecule has 0 bridgehead atoms. The molecule has 0 aromatic heterocycles. The summed E-state index contributed by atoms with van der Waals surface area (Å²) in [5.74, 6) is 1.53. The van der Waals surface area contributed by atoms with Crippen molar-refractivity contribution in [3.8, 4) is 11.5 Å². The molecule has 2 aromatic rings. The molecule has 0 fully saturated rings. The summed E-state index contributed by atoms with van der Waals surface area (Å²) in [6.45, 7) is 6.15. The molecular formula is C20H24ClN3O2. The number of halogens is 1. The molecule has 138 valence electrons. The summed E-state index contributed by atoms with van der Waals surface area (Å²) in [4.78, 5) is 8.58. The fraction of sp³-hybridized carbons (Fsp3) is 0.350. The number of hydrogen-bond acceptors (Lipinski definition) is 4. The van der Waals surface area contributed by atoms with Crippen molar-refractivity contribution in [1.82, 2.24) is 4.90 Å².